The first-order valence-corrected chi connectivity index (χ1v) is 9.23. The Kier molecular flexibility index (Phi) is 6.13. The maximum atomic E-state index is 12.1. The van der Waals surface area contributed by atoms with Gasteiger partial charge in [-0.2, -0.15) is 0 Å². The highest BCUT2D eigenvalue weighted by atomic mass is 32.2. The van der Waals surface area contributed by atoms with Gasteiger partial charge in [0.05, 0.1) is 11.4 Å². The zero-order chi connectivity index (χ0) is 18.3. The summed E-state index contributed by atoms with van der Waals surface area (Å²) in [6.07, 6.45) is 3.07. The minimum Gasteiger partial charge on any atom is -0.438 e. The van der Waals surface area contributed by atoms with Crippen LogP contribution in [0.3, 0.4) is 0 Å². The van der Waals surface area contributed by atoms with Crippen molar-refractivity contribution < 1.29 is 17.9 Å². The van der Waals surface area contributed by atoms with Gasteiger partial charge >= 0.3 is 0 Å². The van der Waals surface area contributed by atoms with Gasteiger partial charge in [-0.15, -0.1) is 6.58 Å². The highest BCUT2D eigenvalue weighted by molar-refractivity contribution is 7.92. The highest BCUT2D eigenvalue weighted by Crippen LogP contribution is 2.25. The van der Waals surface area contributed by atoms with E-state index in [1.165, 1.54) is 12.3 Å². The molecular weight excluding hydrogens is 342 g/mol. The third-order valence-corrected chi connectivity index (χ3v) is 4.43. The number of sulfonamides is 1. The number of hydrogen-bond donors (Lipinski definition) is 2. The van der Waals surface area contributed by atoms with Gasteiger partial charge in [0.2, 0.25) is 15.9 Å². The van der Waals surface area contributed by atoms with Crippen molar-refractivity contribution in [2.24, 2.45) is 0 Å². The quantitative estimate of drug-likeness (QED) is 0.704. The number of nitrogens with zero attached hydrogens (tertiary/aromatic N) is 1. The average molecular weight is 361 g/mol. The Hall–Kier alpha value is -2.87. The standard InChI is InChI=1S/C17H19N3O4S/c1-3-10-18-16(21)15-9-6-11-19-17(15)24-14-8-5-7-13(12-14)20-25(22,23)4-2/h3,5-9,11-12,20H,1,4,10H2,2H3,(H,18,21). The normalized spacial score (nSPS) is 10.8. The van der Waals surface area contributed by atoms with Gasteiger partial charge in [0.25, 0.3) is 5.91 Å². The van der Waals surface area contributed by atoms with E-state index in [1.54, 1.807) is 43.3 Å². The van der Waals surface area contributed by atoms with Crippen LogP contribution in [0.4, 0.5) is 5.69 Å². The first-order chi connectivity index (χ1) is 11.9. The van der Waals surface area contributed by atoms with E-state index in [1.807, 2.05) is 0 Å². The van der Waals surface area contributed by atoms with Gasteiger partial charge in [0, 0.05) is 18.8 Å². The summed E-state index contributed by atoms with van der Waals surface area (Å²) in [6, 6.07) is 9.63. The van der Waals surface area contributed by atoms with E-state index in [4.69, 9.17) is 4.74 Å². The van der Waals surface area contributed by atoms with Crippen LogP contribution in [0, 0.1) is 0 Å². The second-order valence-electron chi connectivity index (χ2n) is 4.99. The molecule has 0 unspecified atom stereocenters. The van der Waals surface area contributed by atoms with Crippen molar-refractivity contribution in [2.75, 3.05) is 17.0 Å². The van der Waals surface area contributed by atoms with Crippen LogP contribution in [0.2, 0.25) is 0 Å². The number of carbonyl (C=O) groups excluding carboxylic acids is 1. The molecule has 0 spiro atoms. The highest BCUT2D eigenvalue weighted by Gasteiger charge is 2.14. The van der Waals surface area contributed by atoms with E-state index in [9.17, 15) is 13.2 Å². The fourth-order valence-corrected chi connectivity index (χ4v) is 2.52. The van der Waals surface area contributed by atoms with Crippen molar-refractivity contribution in [1.29, 1.82) is 0 Å². The van der Waals surface area contributed by atoms with Gasteiger partial charge in [0.1, 0.15) is 11.3 Å². The molecule has 1 amide bonds. The summed E-state index contributed by atoms with van der Waals surface area (Å²) >= 11 is 0. The van der Waals surface area contributed by atoms with Crippen molar-refractivity contribution in [1.82, 2.24) is 10.3 Å². The molecule has 2 aromatic rings. The lowest BCUT2D eigenvalue weighted by molar-refractivity contribution is 0.0955. The zero-order valence-electron chi connectivity index (χ0n) is 13.7. The molecule has 8 heteroatoms. The number of aromatic nitrogens is 1. The van der Waals surface area contributed by atoms with Crippen molar-refractivity contribution in [3.05, 3.63) is 60.8 Å². The van der Waals surface area contributed by atoms with Crippen molar-refractivity contribution >= 4 is 21.6 Å². The maximum Gasteiger partial charge on any atom is 0.257 e. The summed E-state index contributed by atoms with van der Waals surface area (Å²) in [6.45, 7) is 5.41. The summed E-state index contributed by atoms with van der Waals surface area (Å²) in [4.78, 5) is 16.2. The van der Waals surface area contributed by atoms with Crippen LogP contribution < -0.4 is 14.8 Å². The summed E-state index contributed by atoms with van der Waals surface area (Å²) in [5, 5.41) is 2.66. The molecule has 0 aliphatic heterocycles. The Morgan fingerprint density at radius 2 is 2.12 bits per heavy atom. The second-order valence-corrected chi connectivity index (χ2v) is 7.00. The molecule has 2 N–H and O–H groups in total. The molecule has 1 aromatic heterocycles. The maximum absolute atomic E-state index is 12.1. The molecule has 0 atom stereocenters. The number of nitrogens with one attached hydrogen (secondary N) is 2. The molecule has 25 heavy (non-hydrogen) atoms. The van der Waals surface area contributed by atoms with Crippen molar-refractivity contribution in [3.8, 4) is 11.6 Å². The lowest BCUT2D eigenvalue weighted by Crippen LogP contribution is -2.23. The van der Waals surface area contributed by atoms with E-state index < -0.39 is 10.0 Å². The first kappa shape index (κ1) is 18.5. The van der Waals surface area contributed by atoms with Crippen molar-refractivity contribution in [2.45, 2.75) is 6.92 Å². The van der Waals surface area contributed by atoms with E-state index >= 15 is 0 Å². The third-order valence-electron chi connectivity index (χ3n) is 3.12. The molecule has 0 saturated carbocycles. The summed E-state index contributed by atoms with van der Waals surface area (Å²) < 4.78 is 31.4. The number of anilines is 1. The third kappa shape index (κ3) is 5.32. The number of carbonyl (C=O) groups is 1. The van der Waals surface area contributed by atoms with E-state index in [0.717, 1.165) is 0 Å². The average Bonchev–Trinajstić information content (AvgIpc) is 2.60. The Morgan fingerprint density at radius 3 is 2.84 bits per heavy atom. The second kappa shape index (κ2) is 8.29. The largest absolute Gasteiger partial charge is 0.438 e. The molecule has 0 aliphatic carbocycles. The lowest BCUT2D eigenvalue weighted by atomic mass is 10.2. The number of rotatable bonds is 8. The van der Waals surface area contributed by atoms with Crippen LogP contribution in [-0.2, 0) is 10.0 Å². The van der Waals surface area contributed by atoms with E-state index in [2.05, 4.69) is 21.6 Å². The minimum absolute atomic E-state index is 0.0358. The van der Waals surface area contributed by atoms with Crippen molar-refractivity contribution in [3.63, 3.8) is 0 Å². The molecule has 1 heterocycles. The predicted molar refractivity (Wildman–Crippen MR) is 96.4 cm³/mol. The van der Waals surface area contributed by atoms with Crippen LogP contribution in [0.15, 0.2) is 55.3 Å². The number of benzene rings is 1. The lowest BCUT2D eigenvalue weighted by Gasteiger charge is -2.11. The van der Waals surface area contributed by atoms with Gasteiger partial charge in [-0.1, -0.05) is 12.1 Å². The molecule has 7 nitrogen and oxygen atoms in total. The summed E-state index contributed by atoms with van der Waals surface area (Å²) in [7, 11) is -3.39. The Bertz CT molecular complexity index is 866. The van der Waals surface area contributed by atoms with Gasteiger partial charge in [-0.3, -0.25) is 9.52 Å². The Morgan fingerprint density at radius 1 is 1.32 bits per heavy atom. The molecule has 0 aliphatic rings. The molecule has 0 radical (unpaired) electrons. The van der Waals surface area contributed by atoms with Crippen LogP contribution >= 0.6 is 0 Å². The van der Waals surface area contributed by atoms with Gasteiger partial charge in [-0.25, -0.2) is 13.4 Å². The van der Waals surface area contributed by atoms with E-state index in [0.29, 0.717) is 18.0 Å². The topological polar surface area (TPSA) is 97.4 Å². The van der Waals surface area contributed by atoms with Crippen LogP contribution in [-0.4, -0.2) is 31.6 Å². The minimum atomic E-state index is -3.39. The smallest absolute Gasteiger partial charge is 0.257 e. The number of hydrogen-bond acceptors (Lipinski definition) is 5. The predicted octanol–water partition coefficient (Wildman–Crippen LogP) is 2.55. The molecule has 2 rings (SSSR count). The number of ether oxygens (including phenoxy) is 1. The van der Waals surface area contributed by atoms with Crippen LogP contribution in [0.1, 0.15) is 17.3 Å². The molecular formula is C17H19N3O4S. The van der Waals surface area contributed by atoms with Gasteiger partial charge in [-0.05, 0) is 31.2 Å². The van der Waals surface area contributed by atoms with Gasteiger partial charge in [0.15, 0.2) is 0 Å². The fraction of sp³-hybridized carbons (Fsp3) is 0.176. The zero-order valence-corrected chi connectivity index (χ0v) is 14.5. The molecule has 0 bridgehead atoms. The van der Waals surface area contributed by atoms with Crippen LogP contribution in [0.25, 0.3) is 0 Å². The van der Waals surface area contributed by atoms with Crippen LogP contribution in [0.5, 0.6) is 11.6 Å². The Balaban J connectivity index is 2.23. The molecule has 0 fully saturated rings. The molecule has 1 aromatic carbocycles. The SMILES string of the molecule is C=CCNC(=O)c1cccnc1Oc1cccc(NS(=O)(=O)CC)c1. The number of pyridine rings is 1. The van der Waals surface area contributed by atoms with E-state index in [-0.39, 0.29) is 23.1 Å². The summed E-state index contributed by atoms with van der Waals surface area (Å²) in [5.74, 6) is 0.101. The fourth-order valence-electron chi connectivity index (χ4n) is 1.89. The molecule has 132 valence electrons. The monoisotopic (exact) mass is 361 g/mol. The van der Waals surface area contributed by atoms with Gasteiger partial charge < -0.3 is 10.1 Å². The first-order valence-electron chi connectivity index (χ1n) is 7.57. The Labute approximate surface area is 146 Å². The molecule has 0 saturated heterocycles. The summed E-state index contributed by atoms with van der Waals surface area (Å²) in [5.41, 5.74) is 0.636. The number of amides is 1.